The summed E-state index contributed by atoms with van der Waals surface area (Å²) in [7, 11) is 0. The van der Waals surface area contributed by atoms with Gasteiger partial charge in [0, 0.05) is 32.4 Å². The molecule has 2 heterocycles. The Morgan fingerprint density at radius 3 is 2.62 bits per heavy atom. The van der Waals surface area contributed by atoms with Crippen molar-refractivity contribution >= 4 is 17.5 Å². The standard InChI is InChI=1S/C22H25N5O2/c1-2-6-18(7-3-1)29-20-9-5-4-8-19(20)25-22-24-11-10-21(26-22)23-12-13-27-14-16-28-17-15-27/h1-11H,12-17H2,(H2,23,24,25,26). The number of hydrogen-bond acceptors (Lipinski definition) is 7. The van der Waals surface area contributed by atoms with Crippen LogP contribution >= 0.6 is 0 Å². The number of ether oxygens (including phenoxy) is 2. The summed E-state index contributed by atoms with van der Waals surface area (Å²) in [4.78, 5) is 11.3. The van der Waals surface area contributed by atoms with Gasteiger partial charge in [-0.05, 0) is 30.3 Å². The Morgan fingerprint density at radius 1 is 0.966 bits per heavy atom. The van der Waals surface area contributed by atoms with Crippen molar-refractivity contribution in [1.82, 2.24) is 14.9 Å². The lowest BCUT2D eigenvalue weighted by molar-refractivity contribution is 0.0398. The monoisotopic (exact) mass is 391 g/mol. The molecule has 0 amide bonds. The molecule has 0 atom stereocenters. The van der Waals surface area contributed by atoms with Crippen LogP contribution in [0.1, 0.15) is 0 Å². The van der Waals surface area contributed by atoms with Gasteiger partial charge < -0.3 is 20.1 Å². The molecule has 1 aromatic heterocycles. The van der Waals surface area contributed by atoms with E-state index in [-0.39, 0.29) is 0 Å². The first kappa shape index (κ1) is 19.2. The third-order valence-electron chi connectivity index (χ3n) is 4.60. The van der Waals surface area contributed by atoms with Crippen molar-refractivity contribution in [2.24, 2.45) is 0 Å². The van der Waals surface area contributed by atoms with Gasteiger partial charge in [0.15, 0.2) is 5.75 Å². The highest BCUT2D eigenvalue weighted by atomic mass is 16.5. The van der Waals surface area contributed by atoms with Gasteiger partial charge in [0.2, 0.25) is 5.95 Å². The number of nitrogens with zero attached hydrogens (tertiary/aromatic N) is 3. The SMILES string of the molecule is c1ccc(Oc2ccccc2Nc2nccc(NCCN3CCOCC3)n2)cc1. The summed E-state index contributed by atoms with van der Waals surface area (Å²) in [5.41, 5.74) is 0.807. The zero-order chi connectivity index (χ0) is 19.7. The molecule has 29 heavy (non-hydrogen) atoms. The van der Waals surface area contributed by atoms with Gasteiger partial charge in [-0.3, -0.25) is 4.90 Å². The Kier molecular flexibility index (Phi) is 6.52. The molecule has 0 unspecified atom stereocenters. The molecule has 150 valence electrons. The Morgan fingerprint density at radius 2 is 1.76 bits per heavy atom. The van der Waals surface area contributed by atoms with E-state index in [9.17, 15) is 0 Å². The van der Waals surface area contributed by atoms with Gasteiger partial charge >= 0.3 is 0 Å². The lowest BCUT2D eigenvalue weighted by Crippen LogP contribution is -2.39. The zero-order valence-corrected chi connectivity index (χ0v) is 16.3. The van der Waals surface area contributed by atoms with Gasteiger partial charge in [0.1, 0.15) is 11.6 Å². The average Bonchev–Trinajstić information content (AvgIpc) is 2.77. The summed E-state index contributed by atoms with van der Waals surface area (Å²) in [5, 5.41) is 6.63. The van der Waals surface area contributed by atoms with Crippen molar-refractivity contribution in [3.8, 4) is 11.5 Å². The van der Waals surface area contributed by atoms with Crippen molar-refractivity contribution in [3.05, 3.63) is 66.9 Å². The van der Waals surface area contributed by atoms with Crippen LogP contribution in [0.3, 0.4) is 0 Å². The molecular formula is C22H25N5O2. The molecule has 1 aliphatic heterocycles. The van der Waals surface area contributed by atoms with Crippen LogP contribution < -0.4 is 15.4 Å². The lowest BCUT2D eigenvalue weighted by atomic mass is 10.3. The molecule has 0 aliphatic carbocycles. The number of nitrogens with one attached hydrogen (secondary N) is 2. The molecule has 3 aromatic rings. The summed E-state index contributed by atoms with van der Waals surface area (Å²) in [6.45, 7) is 5.37. The first-order valence-corrected chi connectivity index (χ1v) is 9.83. The fourth-order valence-electron chi connectivity index (χ4n) is 3.08. The molecule has 0 saturated carbocycles. The lowest BCUT2D eigenvalue weighted by Gasteiger charge is -2.26. The predicted molar refractivity (Wildman–Crippen MR) is 114 cm³/mol. The molecular weight excluding hydrogens is 366 g/mol. The quantitative estimate of drug-likeness (QED) is 0.606. The van der Waals surface area contributed by atoms with E-state index in [1.807, 2.05) is 60.7 Å². The van der Waals surface area contributed by atoms with Crippen LogP contribution in [0.5, 0.6) is 11.5 Å². The predicted octanol–water partition coefficient (Wildman–Crippen LogP) is 3.76. The van der Waals surface area contributed by atoms with Gasteiger partial charge in [-0.1, -0.05) is 30.3 Å². The third kappa shape index (κ3) is 5.66. The van der Waals surface area contributed by atoms with Gasteiger partial charge in [0.05, 0.1) is 18.9 Å². The van der Waals surface area contributed by atoms with Crippen molar-refractivity contribution in [2.45, 2.75) is 0 Å². The highest BCUT2D eigenvalue weighted by molar-refractivity contribution is 5.63. The van der Waals surface area contributed by atoms with Crippen molar-refractivity contribution in [2.75, 3.05) is 50.0 Å². The van der Waals surface area contributed by atoms with E-state index >= 15 is 0 Å². The van der Waals surface area contributed by atoms with Gasteiger partial charge in [-0.2, -0.15) is 4.98 Å². The van der Waals surface area contributed by atoms with Crippen molar-refractivity contribution < 1.29 is 9.47 Å². The van der Waals surface area contributed by atoms with Crippen LogP contribution in [-0.4, -0.2) is 54.3 Å². The number of para-hydroxylation sites is 3. The molecule has 2 aromatic carbocycles. The molecule has 1 aliphatic rings. The van der Waals surface area contributed by atoms with Crippen LogP contribution in [0, 0.1) is 0 Å². The van der Waals surface area contributed by atoms with Crippen LogP contribution in [0.15, 0.2) is 66.9 Å². The van der Waals surface area contributed by atoms with E-state index < -0.39 is 0 Å². The molecule has 0 spiro atoms. The van der Waals surface area contributed by atoms with Crippen LogP contribution in [0.2, 0.25) is 0 Å². The Hall–Kier alpha value is -3.16. The van der Waals surface area contributed by atoms with E-state index in [4.69, 9.17) is 9.47 Å². The number of hydrogen-bond donors (Lipinski definition) is 2. The fraction of sp³-hybridized carbons (Fsp3) is 0.273. The summed E-state index contributed by atoms with van der Waals surface area (Å²) in [6.07, 6.45) is 1.74. The van der Waals surface area contributed by atoms with Gasteiger partial charge in [-0.25, -0.2) is 4.98 Å². The van der Waals surface area contributed by atoms with E-state index in [1.54, 1.807) is 6.20 Å². The first-order chi connectivity index (χ1) is 14.4. The highest BCUT2D eigenvalue weighted by Crippen LogP contribution is 2.30. The second-order valence-corrected chi connectivity index (χ2v) is 6.68. The van der Waals surface area contributed by atoms with Crippen LogP contribution in [0.25, 0.3) is 0 Å². The van der Waals surface area contributed by atoms with Crippen molar-refractivity contribution in [1.29, 1.82) is 0 Å². The second-order valence-electron chi connectivity index (χ2n) is 6.68. The maximum atomic E-state index is 5.99. The Balaban J connectivity index is 1.38. The second kappa shape index (κ2) is 9.86. The summed E-state index contributed by atoms with van der Waals surface area (Å²) >= 11 is 0. The van der Waals surface area contributed by atoms with Crippen LogP contribution in [-0.2, 0) is 4.74 Å². The normalized spacial score (nSPS) is 14.3. The molecule has 4 rings (SSSR count). The molecule has 1 fully saturated rings. The first-order valence-electron chi connectivity index (χ1n) is 9.83. The maximum Gasteiger partial charge on any atom is 0.229 e. The minimum atomic E-state index is 0.519. The van der Waals surface area contributed by atoms with Gasteiger partial charge in [0.25, 0.3) is 0 Å². The van der Waals surface area contributed by atoms with Gasteiger partial charge in [-0.15, -0.1) is 0 Å². The minimum absolute atomic E-state index is 0.519. The highest BCUT2D eigenvalue weighted by Gasteiger charge is 2.10. The van der Waals surface area contributed by atoms with Crippen molar-refractivity contribution in [3.63, 3.8) is 0 Å². The summed E-state index contributed by atoms with van der Waals surface area (Å²) < 4.78 is 11.4. The largest absolute Gasteiger partial charge is 0.455 e. The summed E-state index contributed by atoms with van der Waals surface area (Å²) in [6, 6.07) is 19.3. The molecule has 0 bridgehead atoms. The fourth-order valence-corrected chi connectivity index (χ4v) is 3.08. The summed E-state index contributed by atoms with van der Waals surface area (Å²) in [5.74, 6) is 2.80. The molecule has 2 N–H and O–H groups in total. The molecule has 0 radical (unpaired) electrons. The molecule has 7 nitrogen and oxygen atoms in total. The number of rotatable bonds is 8. The topological polar surface area (TPSA) is 71.5 Å². The zero-order valence-electron chi connectivity index (χ0n) is 16.3. The number of morpholine rings is 1. The number of anilines is 3. The molecule has 7 heteroatoms. The third-order valence-corrected chi connectivity index (χ3v) is 4.60. The van der Waals surface area contributed by atoms with E-state index in [0.717, 1.165) is 56.6 Å². The average molecular weight is 391 g/mol. The van der Waals surface area contributed by atoms with E-state index in [1.165, 1.54) is 0 Å². The minimum Gasteiger partial charge on any atom is -0.455 e. The van der Waals surface area contributed by atoms with Crippen LogP contribution in [0.4, 0.5) is 17.5 Å². The Labute approximate surface area is 170 Å². The number of benzene rings is 2. The Bertz CT molecular complexity index is 900. The van der Waals surface area contributed by atoms with E-state index in [2.05, 4.69) is 25.5 Å². The molecule has 1 saturated heterocycles. The van der Waals surface area contributed by atoms with E-state index in [0.29, 0.717) is 11.7 Å². The number of aromatic nitrogens is 2. The smallest absolute Gasteiger partial charge is 0.229 e. The maximum absolute atomic E-state index is 5.99.